The van der Waals surface area contributed by atoms with E-state index in [1.807, 2.05) is 12.1 Å². The Labute approximate surface area is 319 Å². The highest BCUT2D eigenvalue weighted by Gasteiger charge is 2.46. The Hall–Kier alpha value is -7.66. The van der Waals surface area contributed by atoms with E-state index in [-0.39, 0.29) is 0 Å². The van der Waals surface area contributed by atoms with Gasteiger partial charge in [-0.25, -0.2) is 0 Å². The number of para-hydroxylation sites is 4. The minimum absolute atomic E-state index is 0.355. The van der Waals surface area contributed by atoms with Crippen molar-refractivity contribution in [3.63, 3.8) is 0 Å². The zero-order valence-corrected chi connectivity index (χ0v) is 29.8. The Morgan fingerprint density at radius 2 is 0.891 bits per heavy atom. The van der Waals surface area contributed by atoms with Crippen molar-refractivity contribution < 1.29 is 0 Å². The molecule has 10 rings (SSSR count). The normalized spacial score (nSPS) is 12.8. The van der Waals surface area contributed by atoms with Gasteiger partial charge in [0.15, 0.2) is 0 Å². The lowest BCUT2D eigenvalue weighted by atomic mass is 9.62. The summed E-state index contributed by atoms with van der Waals surface area (Å²) in [6.45, 7) is 0. The van der Waals surface area contributed by atoms with Crippen LogP contribution in [0.25, 0.3) is 38.6 Å². The van der Waals surface area contributed by atoms with E-state index >= 15 is 0 Å². The Kier molecular flexibility index (Phi) is 7.44. The minimum atomic E-state index is -0.589. The molecule has 0 aliphatic carbocycles. The first-order valence-electron chi connectivity index (χ1n) is 18.4. The number of benzene rings is 8. The summed E-state index contributed by atoms with van der Waals surface area (Å²) >= 11 is 0. The van der Waals surface area contributed by atoms with Gasteiger partial charge in [-0.15, -0.1) is 0 Å². The molecule has 4 heteroatoms. The highest BCUT2D eigenvalue weighted by molar-refractivity contribution is 6.09. The molecule has 0 bridgehead atoms. The monoisotopic (exact) mass is 700 g/mol. The van der Waals surface area contributed by atoms with Crippen molar-refractivity contribution >= 4 is 38.9 Å². The van der Waals surface area contributed by atoms with Crippen molar-refractivity contribution in [3.05, 3.63) is 228 Å². The predicted octanol–water partition coefficient (Wildman–Crippen LogP) is 12.4. The summed E-state index contributed by atoms with van der Waals surface area (Å²) in [5.41, 5.74) is 13.0. The number of rotatable bonds is 5. The number of hydrogen-bond donors (Lipinski definition) is 0. The predicted molar refractivity (Wildman–Crippen MR) is 222 cm³/mol. The zero-order valence-electron chi connectivity index (χ0n) is 29.8. The van der Waals surface area contributed by atoms with E-state index in [1.54, 1.807) is 6.07 Å². The molecule has 256 valence electrons. The molecule has 55 heavy (non-hydrogen) atoms. The third-order valence-corrected chi connectivity index (χ3v) is 11.1. The summed E-state index contributed by atoms with van der Waals surface area (Å²) < 4.78 is 2.34. The van der Waals surface area contributed by atoms with Crippen molar-refractivity contribution in [2.24, 2.45) is 0 Å². The van der Waals surface area contributed by atoms with E-state index in [4.69, 9.17) is 0 Å². The van der Waals surface area contributed by atoms with E-state index in [9.17, 15) is 10.5 Å². The van der Waals surface area contributed by atoms with Crippen molar-refractivity contribution in [2.75, 3.05) is 4.90 Å². The van der Waals surface area contributed by atoms with Crippen LogP contribution in [-0.2, 0) is 5.41 Å². The van der Waals surface area contributed by atoms with Crippen LogP contribution in [0.15, 0.2) is 194 Å². The lowest BCUT2D eigenvalue weighted by molar-refractivity contribution is 0.731. The van der Waals surface area contributed by atoms with Crippen LogP contribution in [0.1, 0.15) is 33.4 Å². The maximum absolute atomic E-state index is 10.1. The Morgan fingerprint density at radius 3 is 1.45 bits per heavy atom. The Bertz CT molecular complexity index is 2880. The third-order valence-electron chi connectivity index (χ3n) is 11.1. The molecular formula is C51H32N4. The summed E-state index contributed by atoms with van der Waals surface area (Å²) in [7, 11) is 0. The quantitative estimate of drug-likeness (QED) is 0.180. The van der Waals surface area contributed by atoms with Crippen LogP contribution >= 0.6 is 0 Å². The van der Waals surface area contributed by atoms with Gasteiger partial charge >= 0.3 is 0 Å². The fraction of sp³-hybridized carbons (Fsp3) is 0.0196. The molecule has 0 amide bonds. The highest BCUT2D eigenvalue weighted by Crippen LogP contribution is 2.58. The molecule has 0 atom stereocenters. The second-order valence-corrected chi connectivity index (χ2v) is 13.9. The molecule has 0 spiro atoms. The second-order valence-electron chi connectivity index (χ2n) is 13.9. The van der Waals surface area contributed by atoms with Gasteiger partial charge in [0.2, 0.25) is 0 Å². The van der Waals surface area contributed by atoms with Crippen molar-refractivity contribution in [1.82, 2.24) is 4.57 Å². The fourth-order valence-electron chi connectivity index (χ4n) is 8.82. The first kappa shape index (κ1) is 32.0. The van der Waals surface area contributed by atoms with Gasteiger partial charge in [-0.05, 0) is 88.0 Å². The van der Waals surface area contributed by atoms with Gasteiger partial charge in [0.05, 0.1) is 39.0 Å². The summed E-state index contributed by atoms with van der Waals surface area (Å²) in [6.07, 6.45) is 0. The number of nitrogens with zero attached hydrogens (tertiary/aromatic N) is 4. The van der Waals surface area contributed by atoms with Gasteiger partial charge in [-0.1, -0.05) is 140 Å². The van der Waals surface area contributed by atoms with Crippen molar-refractivity contribution in [2.45, 2.75) is 5.41 Å². The first-order chi connectivity index (χ1) is 27.2. The van der Waals surface area contributed by atoms with E-state index < -0.39 is 5.41 Å². The molecule has 0 saturated carbocycles. The van der Waals surface area contributed by atoms with Gasteiger partial charge in [0, 0.05) is 22.1 Å². The average molecular weight is 701 g/mol. The molecule has 0 saturated heterocycles. The van der Waals surface area contributed by atoms with Crippen LogP contribution in [-0.4, -0.2) is 4.57 Å². The molecule has 1 aromatic heterocycles. The summed E-state index contributed by atoms with van der Waals surface area (Å²) in [4.78, 5) is 2.39. The van der Waals surface area contributed by atoms with Gasteiger partial charge < -0.3 is 9.47 Å². The van der Waals surface area contributed by atoms with Crippen LogP contribution in [0.5, 0.6) is 0 Å². The average Bonchev–Trinajstić information content (AvgIpc) is 3.60. The maximum Gasteiger partial charge on any atom is 0.101 e. The van der Waals surface area contributed by atoms with E-state index in [0.29, 0.717) is 11.1 Å². The van der Waals surface area contributed by atoms with Crippen LogP contribution in [0.4, 0.5) is 17.1 Å². The lowest BCUT2D eigenvalue weighted by Crippen LogP contribution is -2.37. The van der Waals surface area contributed by atoms with Crippen LogP contribution in [0, 0.1) is 22.7 Å². The van der Waals surface area contributed by atoms with Gasteiger partial charge in [0.25, 0.3) is 0 Å². The van der Waals surface area contributed by atoms with Gasteiger partial charge in [-0.3, -0.25) is 0 Å². The van der Waals surface area contributed by atoms with Crippen LogP contribution in [0.2, 0.25) is 0 Å². The van der Waals surface area contributed by atoms with Crippen LogP contribution < -0.4 is 4.90 Å². The molecular weight excluding hydrogens is 669 g/mol. The summed E-state index contributed by atoms with van der Waals surface area (Å²) in [5, 5.41) is 22.2. The molecule has 0 radical (unpaired) electrons. The molecule has 0 N–H and O–H groups in total. The molecule has 1 aliphatic rings. The van der Waals surface area contributed by atoms with Crippen molar-refractivity contribution in [3.8, 4) is 29.0 Å². The third kappa shape index (κ3) is 4.83. The molecule has 0 unspecified atom stereocenters. The number of nitriles is 2. The van der Waals surface area contributed by atoms with E-state index in [0.717, 1.165) is 44.9 Å². The number of aromatic nitrogens is 1. The van der Waals surface area contributed by atoms with Crippen molar-refractivity contribution in [1.29, 1.82) is 10.5 Å². The Balaban J connectivity index is 1.30. The number of hydrogen-bond acceptors (Lipinski definition) is 3. The number of anilines is 3. The topological polar surface area (TPSA) is 55.8 Å². The van der Waals surface area contributed by atoms with E-state index in [2.05, 4.69) is 198 Å². The molecule has 2 heterocycles. The highest BCUT2D eigenvalue weighted by atomic mass is 15.2. The lowest BCUT2D eigenvalue weighted by Gasteiger charge is -2.46. The molecule has 9 aromatic rings. The smallest absolute Gasteiger partial charge is 0.101 e. The Morgan fingerprint density at radius 1 is 0.400 bits per heavy atom. The van der Waals surface area contributed by atoms with Gasteiger partial charge in [-0.2, -0.15) is 10.5 Å². The summed E-state index contributed by atoms with van der Waals surface area (Å²) in [6, 6.07) is 73.0. The fourth-order valence-corrected chi connectivity index (χ4v) is 8.82. The zero-order chi connectivity index (χ0) is 36.9. The summed E-state index contributed by atoms with van der Waals surface area (Å²) in [5.74, 6) is 0. The van der Waals surface area contributed by atoms with Crippen LogP contribution in [0.3, 0.4) is 0 Å². The molecule has 8 aromatic carbocycles. The standard InChI is InChI=1S/C51H32N4/c52-33-36-28-27-35(29-38(36)34-53)37-30-41(54-47-23-11-7-19-43(47)44-20-8-12-24-48(44)54)32-42(31-37)55-49-25-13-9-21-45(49)51(39-15-3-1-4-16-39,40-17-5-2-6-18-40)46-22-10-14-26-50(46)55/h1-32H. The SMILES string of the molecule is N#Cc1ccc(-c2cc(N3c4ccccc4C(c4ccccc4)(c4ccccc4)c4ccccc43)cc(-n3c4ccccc4c4ccccc43)c2)cc1C#N. The largest absolute Gasteiger partial charge is 0.310 e. The van der Waals surface area contributed by atoms with E-state index in [1.165, 1.54) is 33.0 Å². The minimum Gasteiger partial charge on any atom is -0.310 e. The number of fused-ring (bicyclic) bond motifs is 5. The first-order valence-corrected chi connectivity index (χ1v) is 18.4. The molecule has 0 fully saturated rings. The van der Waals surface area contributed by atoms with Gasteiger partial charge in [0.1, 0.15) is 12.1 Å². The maximum atomic E-state index is 10.1. The second kappa shape index (κ2) is 12.8. The molecule has 4 nitrogen and oxygen atoms in total. The molecule has 1 aliphatic heterocycles.